The van der Waals surface area contributed by atoms with E-state index in [0.29, 0.717) is 5.02 Å². The Balaban J connectivity index is 1.45. The molecular formula is C21H25ClN2O. The highest BCUT2D eigenvalue weighted by Crippen LogP contribution is 2.23. The summed E-state index contributed by atoms with van der Waals surface area (Å²) < 4.78 is 0. The van der Waals surface area contributed by atoms with Crippen molar-refractivity contribution in [1.82, 2.24) is 4.90 Å². The predicted molar refractivity (Wildman–Crippen MR) is 103 cm³/mol. The zero-order valence-electron chi connectivity index (χ0n) is 14.4. The van der Waals surface area contributed by atoms with Crippen LogP contribution in [0.15, 0.2) is 54.6 Å². The van der Waals surface area contributed by atoms with E-state index in [4.69, 9.17) is 17.3 Å². The van der Waals surface area contributed by atoms with Crippen LogP contribution in [0, 0.1) is 5.92 Å². The van der Waals surface area contributed by atoms with Gasteiger partial charge in [-0.05, 0) is 68.7 Å². The normalized spacial score (nSPS) is 17.4. The molecule has 1 atom stereocenters. The van der Waals surface area contributed by atoms with Gasteiger partial charge >= 0.3 is 0 Å². The molecule has 1 heterocycles. The van der Waals surface area contributed by atoms with Gasteiger partial charge < -0.3 is 10.6 Å². The Morgan fingerprint density at radius 3 is 2.36 bits per heavy atom. The van der Waals surface area contributed by atoms with E-state index < -0.39 is 0 Å². The number of Topliss-reactive ketones (excluding diaryl/α,β-unsaturated/α-hetero) is 1. The molecule has 1 aliphatic heterocycles. The van der Waals surface area contributed by atoms with E-state index in [9.17, 15) is 4.79 Å². The lowest BCUT2D eigenvalue weighted by atomic mass is 9.88. The minimum absolute atomic E-state index is 0.0784. The molecule has 1 saturated heterocycles. The van der Waals surface area contributed by atoms with E-state index in [1.807, 2.05) is 30.3 Å². The summed E-state index contributed by atoms with van der Waals surface area (Å²) in [6.45, 7) is 2.91. The number of likely N-dealkylation sites (tertiary alicyclic amines) is 1. The van der Waals surface area contributed by atoms with Gasteiger partial charge in [0.15, 0.2) is 5.78 Å². The number of carbonyl (C=O) groups is 1. The first-order chi connectivity index (χ1) is 12.1. The molecule has 0 aromatic heterocycles. The van der Waals surface area contributed by atoms with Gasteiger partial charge in [-0.3, -0.25) is 4.79 Å². The topological polar surface area (TPSA) is 46.3 Å². The fourth-order valence-corrected chi connectivity index (χ4v) is 3.58. The third-order valence-electron chi connectivity index (χ3n) is 5.07. The third kappa shape index (κ3) is 4.91. The largest absolute Gasteiger partial charge is 0.324 e. The number of nitrogens with zero attached hydrogens (tertiary/aromatic N) is 1. The molecule has 0 amide bonds. The molecule has 0 spiro atoms. The average Bonchev–Trinajstić information content (AvgIpc) is 2.67. The van der Waals surface area contributed by atoms with Crippen LogP contribution in [-0.4, -0.2) is 30.3 Å². The summed E-state index contributed by atoms with van der Waals surface area (Å²) in [5.41, 5.74) is 8.25. The molecule has 1 unspecified atom stereocenters. The van der Waals surface area contributed by atoms with E-state index in [2.05, 4.69) is 17.0 Å². The molecule has 2 N–H and O–H groups in total. The lowest BCUT2D eigenvalue weighted by Crippen LogP contribution is -2.37. The first-order valence-electron chi connectivity index (χ1n) is 8.96. The van der Waals surface area contributed by atoms with Gasteiger partial charge in [0, 0.05) is 22.5 Å². The number of piperidine rings is 1. The van der Waals surface area contributed by atoms with Crippen LogP contribution in [0.25, 0.3) is 0 Å². The maximum atomic E-state index is 12.6. The predicted octanol–water partition coefficient (Wildman–Crippen LogP) is 4.32. The molecule has 2 aromatic rings. The van der Waals surface area contributed by atoms with Crippen molar-refractivity contribution in [2.75, 3.05) is 19.6 Å². The Labute approximate surface area is 154 Å². The number of hydrogen-bond donors (Lipinski definition) is 1. The van der Waals surface area contributed by atoms with Crippen molar-refractivity contribution in [2.45, 2.75) is 25.3 Å². The zero-order chi connectivity index (χ0) is 17.6. The number of halogens is 1. The Hall–Kier alpha value is -1.68. The maximum absolute atomic E-state index is 12.6. The molecule has 1 fully saturated rings. The molecule has 0 saturated carbocycles. The van der Waals surface area contributed by atoms with Gasteiger partial charge in [0.25, 0.3) is 0 Å². The summed E-state index contributed by atoms with van der Waals surface area (Å²) in [4.78, 5) is 15.0. The van der Waals surface area contributed by atoms with Gasteiger partial charge in [-0.25, -0.2) is 0 Å². The number of rotatable bonds is 6. The lowest BCUT2D eigenvalue weighted by Gasteiger charge is -2.32. The maximum Gasteiger partial charge on any atom is 0.166 e. The highest BCUT2D eigenvalue weighted by Gasteiger charge is 2.25. The second-order valence-corrected chi connectivity index (χ2v) is 7.23. The van der Waals surface area contributed by atoms with E-state index >= 15 is 0 Å². The molecule has 0 radical (unpaired) electrons. The number of benzene rings is 2. The fraction of sp³-hybridized carbons (Fsp3) is 0.381. The van der Waals surface area contributed by atoms with Gasteiger partial charge in [0.05, 0.1) is 0 Å². The molecular weight excluding hydrogens is 332 g/mol. The summed E-state index contributed by atoms with van der Waals surface area (Å²) in [6.07, 6.45) is 2.78. The minimum Gasteiger partial charge on any atom is -0.324 e. The zero-order valence-corrected chi connectivity index (χ0v) is 15.2. The van der Waals surface area contributed by atoms with Crippen LogP contribution < -0.4 is 5.73 Å². The highest BCUT2D eigenvalue weighted by atomic mass is 35.5. The van der Waals surface area contributed by atoms with Gasteiger partial charge in [-0.2, -0.15) is 0 Å². The van der Waals surface area contributed by atoms with Crippen molar-refractivity contribution in [1.29, 1.82) is 0 Å². The second-order valence-electron chi connectivity index (χ2n) is 6.79. The van der Waals surface area contributed by atoms with Crippen molar-refractivity contribution in [3.8, 4) is 0 Å². The lowest BCUT2D eigenvalue weighted by molar-refractivity contribution is 0.0838. The van der Waals surface area contributed by atoms with Crippen molar-refractivity contribution >= 4 is 17.4 Å². The SMILES string of the molecule is NC(CCN1CCC(C(=O)c2ccc(Cl)cc2)CC1)c1ccccc1. The van der Waals surface area contributed by atoms with Gasteiger partial charge in [0.2, 0.25) is 0 Å². The molecule has 0 bridgehead atoms. The summed E-state index contributed by atoms with van der Waals surface area (Å²) in [6, 6.07) is 17.6. The smallest absolute Gasteiger partial charge is 0.166 e. The van der Waals surface area contributed by atoms with Crippen molar-refractivity contribution < 1.29 is 4.79 Å². The van der Waals surface area contributed by atoms with Crippen LogP contribution in [0.1, 0.15) is 41.2 Å². The Bertz CT molecular complexity index is 679. The molecule has 4 heteroatoms. The molecule has 25 heavy (non-hydrogen) atoms. The van der Waals surface area contributed by atoms with E-state index in [-0.39, 0.29) is 17.7 Å². The van der Waals surface area contributed by atoms with Crippen molar-refractivity contribution in [3.63, 3.8) is 0 Å². The average molecular weight is 357 g/mol. The monoisotopic (exact) mass is 356 g/mol. The second kappa shape index (κ2) is 8.61. The third-order valence-corrected chi connectivity index (χ3v) is 5.32. The van der Waals surface area contributed by atoms with Crippen molar-refractivity contribution in [2.24, 2.45) is 11.7 Å². The van der Waals surface area contributed by atoms with Crippen LogP contribution in [0.2, 0.25) is 5.02 Å². The van der Waals surface area contributed by atoms with E-state index in [1.54, 1.807) is 12.1 Å². The quantitative estimate of drug-likeness (QED) is 0.784. The number of hydrogen-bond acceptors (Lipinski definition) is 3. The Morgan fingerprint density at radius 2 is 1.72 bits per heavy atom. The van der Waals surface area contributed by atoms with Crippen LogP contribution in [0.3, 0.4) is 0 Å². The standard InChI is InChI=1S/C21H25ClN2O/c22-19-8-6-17(7-9-19)21(25)18-10-13-24(14-11-18)15-12-20(23)16-4-2-1-3-5-16/h1-9,18,20H,10-15,23H2. The van der Waals surface area contributed by atoms with E-state index in [0.717, 1.165) is 44.5 Å². The number of carbonyl (C=O) groups excluding carboxylic acids is 1. The van der Waals surface area contributed by atoms with Crippen LogP contribution in [0.5, 0.6) is 0 Å². The van der Waals surface area contributed by atoms with Gasteiger partial charge in [0.1, 0.15) is 0 Å². The molecule has 132 valence electrons. The number of nitrogens with two attached hydrogens (primary N) is 1. The Kier molecular flexibility index (Phi) is 6.24. The van der Waals surface area contributed by atoms with Gasteiger partial charge in [-0.15, -0.1) is 0 Å². The van der Waals surface area contributed by atoms with Crippen LogP contribution in [0.4, 0.5) is 0 Å². The highest BCUT2D eigenvalue weighted by molar-refractivity contribution is 6.30. The number of ketones is 1. The fourth-order valence-electron chi connectivity index (χ4n) is 3.46. The first kappa shape index (κ1) is 18.1. The van der Waals surface area contributed by atoms with Crippen LogP contribution >= 0.6 is 11.6 Å². The molecule has 0 aliphatic carbocycles. The summed E-state index contributed by atoms with van der Waals surface area (Å²) >= 11 is 5.90. The molecule has 1 aliphatic rings. The molecule has 3 nitrogen and oxygen atoms in total. The summed E-state index contributed by atoms with van der Waals surface area (Å²) in [5, 5.41) is 0.668. The van der Waals surface area contributed by atoms with Crippen LogP contribution in [-0.2, 0) is 0 Å². The molecule has 2 aromatic carbocycles. The van der Waals surface area contributed by atoms with E-state index in [1.165, 1.54) is 5.56 Å². The first-order valence-corrected chi connectivity index (χ1v) is 9.34. The minimum atomic E-state index is 0.0784. The van der Waals surface area contributed by atoms with Crippen molar-refractivity contribution in [3.05, 3.63) is 70.7 Å². The molecule has 3 rings (SSSR count). The summed E-state index contributed by atoms with van der Waals surface area (Å²) in [7, 11) is 0. The summed E-state index contributed by atoms with van der Waals surface area (Å²) in [5.74, 6) is 0.373. The van der Waals surface area contributed by atoms with Gasteiger partial charge in [-0.1, -0.05) is 41.9 Å². The Morgan fingerprint density at radius 1 is 1.08 bits per heavy atom.